The fraction of sp³-hybridized carbons (Fsp3) is 0.500. The molecule has 7 heteroatoms. The number of nitrogens with one attached hydrogen (secondary N) is 1. The van der Waals surface area contributed by atoms with Crippen LogP contribution in [0.2, 0.25) is 0 Å². The summed E-state index contributed by atoms with van der Waals surface area (Å²) < 4.78 is 26.9. The van der Waals surface area contributed by atoms with Crippen molar-refractivity contribution in [2.24, 2.45) is 0 Å². The van der Waals surface area contributed by atoms with E-state index in [4.69, 9.17) is 5.11 Å². The van der Waals surface area contributed by atoms with Crippen LogP contribution in [-0.4, -0.2) is 38.0 Å². The summed E-state index contributed by atoms with van der Waals surface area (Å²) >= 11 is 1.77. The highest BCUT2D eigenvalue weighted by molar-refractivity contribution is 7.98. The molecular formula is C14H21NO4S2. The van der Waals surface area contributed by atoms with Gasteiger partial charge in [0.25, 0.3) is 0 Å². The first-order chi connectivity index (χ1) is 9.88. The predicted octanol–water partition coefficient (Wildman–Crippen LogP) is 2.50. The van der Waals surface area contributed by atoms with E-state index in [0.717, 1.165) is 25.0 Å². The van der Waals surface area contributed by atoms with Crippen LogP contribution in [0.5, 0.6) is 0 Å². The minimum Gasteiger partial charge on any atom is -0.478 e. The van der Waals surface area contributed by atoms with Crippen LogP contribution in [0.15, 0.2) is 23.1 Å². The number of aryl methyl sites for hydroxylation is 1. The molecule has 1 aromatic carbocycles. The largest absolute Gasteiger partial charge is 0.478 e. The molecule has 0 aliphatic carbocycles. The minimum absolute atomic E-state index is 0.0269. The number of carboxylic acids is 1. The topological polar surface area (TPSA) is 83.5 Å². The Bertz CT molecular complexity index is 585. The number of hydrogen-bond acceptors (Lipinski definition) is 4. The Morgan fingerprint density at radius 2 is 2.00 bits per heavy atom. The lowest BCUT2D eigenvalue weighted by Crippen LogP contribution is -2.25. The zero-order valence-electron chi connectivity index (χ0n) is 12.3. The van der Waals surface area contributed by atoms with Crippen molar-refractivity contribution in [3.63, 3.8) is 0 Å². The molecule has 1 aromatic rings. The fourth-order valence-corrected chi connectivity index (χ4v) is 3.69. The van der Waals surface area contributed by atoms with E-state index in [2.05, 4.69) is 4.72 Å². The van der Waals surface area contributed by atoms with Crippen molar-refractivity contribution >= 4 is 27.8 Å². The quantitative estimate of drug-likeness (QED) is 0.679. The van der Waals surface area contributed by atoms with Gasteiger partial charge >= 0.3 is 5.97 Å². The molecule has 0 spiro atoms. The number of benzene rings is 1. The summed E-state index contributed by atoms with van der Waals surface area (Å²) in [5.74, 6) is -0.0597. The Hall–Kier alpha value is -1.05. The van der Waals surface area contributed by atoms with Gasteiger partial charge in [0.15, 0.2) is 0 Å². The smallest absolute Gasteiger partial charge is 0.335 e. The monoisotopic (exact) mass is 331 g/mol. The average molecular weight is 331 g/mol. The van der Waals surface area contributed by atoms with Crippen LogP contribution in [0, 0.1) is 6.92 Å². The number of carboxylic acid groups (broad SMARTS) is 1. The van der Waals surface area contributed by atoms with E-state index < -0.39 is 16.0 Å². The van der Waals surface area contributed by atoms with E-state index in [-0.39, 0.29) is 10.5 Å². The van der Waals surface area contributed by atoms with Crippen molar-refractivity contribution in [1.82, 2.24) is 4.72 Å². The SMILES string of the molecule is CSCCCCCNS(=O)(=O)c1cc(C(=O)O)ccc1C. The summed E-state index contributed by atoms with van der Waals surface area (Å²) in [6.45, 7) is 2.02. The Labute approximate surface area is 130 Å². The standard InChI is InChI=1S/C14H21NO4S2/c1-11-6-7-12(14(16)17)10-13(11)21(18,19)15-8-4-3-5-9-20-2/h6-7,10,15H,3-5,8-9H2,1-2H3,(H,16,17). The van der Waals surface area contributed by atoms with Gasteiger partial charge in [0.05, 0.1) is 10.5 Å². The van der Waals surface area contributed by atoms with E-state index in [1.165, 1.54) is 18.2 Å². The summed E-state index contributed by atoms with van der Waals surface area (Å²) in [6, 6.07) is 4.11. The van der Waals surface area contributed by atoms with Gasteiger partial charge < -0.3 is 5.11 Å². The molecule has 0 amide bonds. The highest BCUT2D eigenvalue weighted by atomic mass is 32.2. The van der Waals surface area contributed by atoms with Crippen molar-refractivity contribution in [2.45, 2.75) is 31.1 Å². The first-order valence-corrected chi connectivity index (χ1v) is 9.58. The Morgan fingerprint density at radius 1 is 1.29 bits per heavy atom. The molecule has 1 rings (SSSR count). The Kier molecular flexibility index (Phi) is 7.21. The van der Waals surface area contributed by atoms with Gasteiger partial charge in [-0.1, -0.05) is 12.5 Å². The molecule has 0 saturated carbocycles. The lowest BCUT2D eigenvalue weighted by molar-refractivity contribution is 0.0696. The second-order valence-electron chi connectivity index (χ2n) is 4.74. The minimum atomic E-state index is -3.66. The second-order valence-corrected chi connectivity index (χ2v) is 7.46. The molecule has 0 saturated heterocycles. The van der Waals surface area contributed by atoms with E-state index in [9.17, 15) is 13.2 Å². The number of carbonyl (C=O) groups is 1. The van der Waals surface area contributed by atoms with Crippen LogP contribution in [0.25, 0.3) is 0 Å². The van der Waals surface area contributed by atoms with Gasteiger partial charge in [0.2, 0.25) is 10.0 Å². The van der Waals surface area contributed by atoms with Gasteiger partial charge in [0, 0.05) is 6.54 Å². The number of unbranched alkanes of at least 4 members (excludes halogenated alkanes) is 2. The van der Waals surface area contributed by atoms with Crippen LogP contribution in [0.1, 0.15) is 35.2 Å². The molecule has 0 fully saturated rings. The molecule has 0 aromatic heterocycles. The number of sulfonamides is 1. The van der Waals surface area contributed by atoms with Crippen molar-refractivity contribution in [1.29, 1.82) is 0 Å². The van der Waals surface area contributed by atoms with Gasteiger partial charge in [-0.15, -0.1) is 0 Å². The summed E-state index contributed by atoms with van der Waals surface area (Å²) in [7, 11) is -3.66. The maximum Gasteiger partial charge on any atom is 0.335 e. The number of thioether (sulfide) groups is 1. The summed E-state index contributed by atoms with van der Waals surface area (Å²) in [6.07, 6.45) is 4.85. The lowest BCUT2D eigenvalue weighted by Gasteiger charge is -2.10. The molecule has 0 unspecified atom stereocenters. The van der Waals surface area contributed by atoms with Crippen LogP contribution in [0.3, 0.4) is 0 Å². The zero-order valence-corrected chi connectivity index (χ0v) is 13.9. The third kappa shape index (κ3) is 5.68. The molecule has 0 bridgehead atoms. The van der Waals surface area contributed by atoms with Crippen molar-refractivity contribution in [2.75, 3.05) is 18.6 Å². The van der Waals surface area contributed by atoms with Gasteiger partial charge in [-0.05, 0) is 49.5 Å². The fourth-order valence-electron chi connectivity index (χ4n) is 1.86. The summed E-state index contributed by atoms with van der Waals surface area (Å²) in [5.41, 5.74) is 0.510. The van der Waals surface area contributed by atoms with Gasteiger partial charge in [0.1, 0.15) is 0 Å². The molecule has 0 aliphatic heterocycles. The maximum atomic E-state index is 12.2. The normalized spacial score (nSPS) is 11.5. The lowest BCUT2D eigenvalue weighted by atomic mass is 10.1. The van der Waals surface area contributed by atoms with E-state index in [0.29, 0.717) is 12.1 Å². The van der Waals surface area contributed by atoms with Gasteiger partial charge in [-0.2, -0.15) is 11.8 Å². The molecule has 0 heterocycles. The van der Waals surface area contributed by atoms with E-state index in [1.807, 2.05) is 6.26 Å². The molecular weight excluding hydrogens is 310 g/mol. The first kappa shape index (κ1) is 18.0. The van der Waals surface area contributed by atoms with E-state index in [1.54, 1.807) is 18.7 Å². The molecule has 0 radical (unpaired) electrons. The highest BCUT2D eigenvalue weighted by Gasteiger charge is 2.18. The van der Waals surface area contributed by atoms with Crippen LogP contribution >= 0.6 is 11.8 Å². The van der Waals surface area contributed by atoms with Crippen molar-refractivity contribution in [3.8, 4) is 0 Å². The first-order valence-electron chi connectivity index (χ1n) is 6.71. The van der Waals surface area contributed by atoms with Gasteiger partial charge in [-0.3, -0.25) is 0 Å². The van der Waals surface area contributed by atoms with Gasteiger partial charge in [-0.25, -0.2) is 17.9 Å². The molecule has 118 valence electrons. The molecule has 2 N–H and O–H groups in total. The van der Waals surface area contributed by atoms with Crippen molar-refractivity contribution in [3.05, 3.63) is 29.3 Å². The number of rotatable bonds is 9. The van der Waals surface area contributed by atoms with E-state index >= 15 is 0 Å². The Balaban J connectivity index is 2.70. The number of hydrogen-bond donors (Lipinski definition) is 2. The van der Waals surface area contributed by atoms with Crippen LogP contribution in [0.4, 0.5) is 0 Å². The highest BCUT2D eigenvalue weighted by Crippen LogP contribution is 2.17. The number of aromatic carboxylic acids is 1. The Morgan fingerprint density at radius 3 is 2.62 bits per heavy atom. The second kappa shape index (κ2) is 8.41. The van der Waals surface area contributed by atoms with Crippen LogP contribution in [-0.2, 0) is 10.0 Å². The predicted molar refractivity (Wildman–Crippen MR) is 85.6 cm³/mol. The van der Waals surface area contributed by atoms with Crippen molar-refractivity contribution < 1.29 is 18.3 Å². The summed E-state index contributed by atoms with van der Waals surface area (Å²) in [4.78, 5) is 11.0. The molecule has 5 nitrogen and oxygen atoms in total. The molecule has 0 aliphatic rings. The third-order valence-corrected chi connectivity index (χ3v) is 5.34. The maximum absolute atomic E-state index is 12.2. The summed E-state index contributed by atoms with van der Waals surface area (Å²) in [5, 5.41) is 8.95. The average Bonchev–Trinajstić information content (AvgIpc) is 2.42. The zero-order chi connectivity index (χ0) is 15.9. The molecule has 0 atom stereocenters. The molecule has 21 heavy (non-hydrogen) atoms. The third-order valence-electron chi connectivity index (χ3n) is 3.04. The van der Waals surface area contributed by atoms with Crippen LogP contribution < -0.4 is 4.72 Å².